The summed E-state index contributed by atoms with van der Waals surface area (Å²) >= 11 is 0. The number of carboxylic acid groups (broad SMARTS) is 1. The zero-order valence-corrected chi connectivity index (χ0v) is 18.5. The fourth-order valence-electron chi connectivity index (χ4n) is 5.00. The highest BCUT2D eigenvalue weighted by atomic mass is 16.6. The van der Waals surface area contributed by atoms with Gasteiger partial charge in [0, 0.05) is 39.1 Å². The molecule has 8 nitrogen and oxygen atoms in total. The van der Waals surface area contributed by atoms with Crippen molar-refractivity contribution >= 4 is 23.5 Å². The molecule has 0 aliphatic carbocycles. The molecule has 1 aromatic rings. The fraction of sp³-hybridized carbons (Fsp3) is 0.542. The number of benzene rings is 1. The number of piperidine rings is 1. The monoisotopic (exact) mass is 441 g/mol. The minimum absolute atomic E-state index is 0.147. The number of nitrogens with zero attached hydrogens (tertiary/aromatic N) is 3. The molecule has 8 heteroatoms. The van der Waals surface area contributed by atoms with Crippen LogP contribution < -0.4 is 0 Å². The van der Waals surface area contributed by atoms with E-state index in [1.807, 2.05) is 18.2 Å². The van der Waals surface area contributed by atoms with E-state index in [1.165, 1.54) is 5.57 Å². The highest BCUT2D eigenvalue weighted by Gasteiger charge is 2.45. The van der Waals surface area contributed by atoms with Gasteiger partial charge < -0.3 is 19.6 Å². The number of rotatable bonds is 4. The third kappa shape index (κ3) is 4.80. The lowest BCUT2D eigenvalue weighted by Gasteiger charge is -2.42. The van der Waals surface area contributed by atoms with Crippen LogP contribution in [0.1, 0.15) is 31.2 Å². The highest BCUT2D eigenvalue weighted by molar-refractivity contribution is 5.88. The smallest absolute Gasteiger partial charge is 0.410 e. The standard InChI is InChI=1S/C24H31N3O5/c1-25-16-19(32-24(31)27-11-5-6-12-27)15-20(23(29)30)21(25)22(28)26-13-9-18(10-14-26)17-7-3-2-4-8-17/h2-4,7-9,19-21H,5-6,10-16H2,1H3,(H,29,30)/t19-,20-,21-/m0/s1. The van der Waals surface area contributed by atoms with Gasteiger partial charge in [0.1, 0.15) is 12.1 Å². The van der Waals surface area contributed by atoms with Crippen LogP contribution in [-0.2, 0) is 14.3 Å². The number of carbonyl (C=O) groups excluding carboxylic acids is 2. The quantitative estimate of drug-likeness (QED) is 0.771. The molecule has 3 atom stereocenters. The van der Waals surface area contributed by atoms with Gasteiger partial charge in [0.2, 0.25) is 5.91 Å². The lowest BCUT2D eigenvalue weighted by molar-refractivity contribution is -0.157. The molecule has 0 bridgehead atoms. The van der Waals surface area contributed by atoms with Gasteiger partial charge in [-0.25, -0.2) is 4.79 Å². The van der Waals surface area contributed by atoms with Crippen LogP contribution in [0.2, 0.25) is 0 Å². The molecule has 2 fully saturated rings. The van der Waals surface area contributed by atoms with Gasteiger partial charge >= 0.3 is 12.1 Å². The number of hydrogen-bond donors (Lipinski definition) is 1. The second kappa shape index (κ2) is 9.73. The summed E-state index contributed by atoms with van der Waals surface area (Å²) in [6.07, 6.45) is 3.94. The van der Waals surface area contributed by atoms with Gasteiger partial charge in [0.25, 0.3) is 0 Å². The van der Waals surface area contributed by atoms with Crippen molar-refractivity contribution < 1.29 is 24.2 Å². The van der Waals surface area contributed by atoms with Crippen LogP contribution in [0.3, 0.4) is 0 Å². The summed E-state index contributed by atoms with van der Waals surface area (Å²) in [5, 5.41) is 9.87. The Kier molecular flexibility index (Phi) is 6.79. The van der Waals surface area contributed by atoms with Gasteiger partial charge in [-0.15, -0.1) is 0 Å². The molecule has 1 aromatic carbocycles. The van der Waals surface area contributed by atoms with E-state index in [9.17, 15) is 19.5 Å². The molecule has 0 radical (unpaired) electrons. The first kappa shape index (κ1) is 22.3. The lowest BCUT2D eigenvalue weighted by atomic mass is 9.86. The van der Waals surface area contributed by atoms with E-state index in [4.69, 9.17) is 4.74 Å². The SMILES string of the molecule is CN1C[C@@H](OC(=O)N2CCCC2)C[C@H](C(=O)O)[C@H]1C(=O)N1CC=C(c2ccccc2)CC1. The molecular weight excluding hydrogens is 410 g/mol. The van der Waals surface area contributed by atoms with Crippen molar-refractivity contribution in [3.05, 3.63) is 42.0 Å². The minimum Gasteiger partial charge on any atom is -0.481 e. The van der Waals surface area contributed by atoms with Crippen molar-refractivity contribution in [1.29, 1.82) is 0 Å². The minimum atomic E-state index is -1.03. The van der Waals surface area contributed by atoms with Crippen LogP contribution in [0.25, 0.3) is 5.57 Å². The Morgan fingerprint density at radius 3 is 2.38 bits per heavy atom. The predicted molar refractivity (Wildman–Crippen MR) is 119 cm³/mol. The van der Waals surface area contributed by atoms with Crippen molar-refractivity contribution in [3.8, 4) is 0 Å². The maximum absolute atomic E-state index is 13.3. The van der Waals surface area contributed by atoms with Crippen LogP contribution in [0.15, 0.2) is 36.4 Å². The molecule has 3 aliphatic heterocycles. The third-order valence-electron chi connectivity index (χ3n) is 6.73. The fourth-order valence-corrected chi connectivity index (χ4v) is 5.00. The van der Waals surface area contributed by atoms with Crippen LogP contribution in [0.5, 0.6) is 0 Å². The number of amides is 2. The van der Waals surface area contributed by atoms with Crippen molar-refractivity contribution in [2.24, 2.45) is 5.92 Å². The van der Waals surface area contributed by atoms with E-state index in [0.29, 0.717) is 32.7 Å². The first-order chi connectivity index (χ1) is 15.4. The first-order valence-electron chi connectivity index (χ1n) is 11.4. The second-order valence-electron chi connectivity index (χ2n) is 8.89. The highest BCUT2D eigenvalue weighted by Crippen LogP contribution is 2.29. The Hall–Kier alpha value is -2.87. The molecule has 0 saturated carbocycles. The Morgan fingerprint density at radius 2 is 1.75 bits per heavy atom. The molecule has 2 saturated heterocycles. The number of likely N-dealkylation sites (N-methyl/N-ethyl adjacent to an activating group) is 1. The van der Waals surface area contributed by atoms with Gasteiger partial charge in [-0.2, -0.15) is 0 Å². The summed E-state index contributed by atoms with van der Waals surface area (Å²) in [7, 11) is 1.74. The van der Waals surface area contributed by atoms with Crippen molar-refractivity contribution in [2.45, 2.75) is 37.8 Å². The van der Waals surface area contributed by atoms with Crippen LogP contribution in [0.4, 0.5) is 4.79 Å². The summed E-state index contributed by atoms with van der Waals surface area (Å²) in [4.78, 5) is 42.9. The largest absolute Gasteiger partial charge is 0.481 e. The Balaban J connectivity index is 1.41. The van der Waals surface area contributed by atoms with E-state index in [-0.39, 0.29) is 18.4 Å². The number of ether oxygens (including phenoxy) is 1. The molecular formula is C24H31N3O5. The molecule has 0 unspecified atom stereocenters. The van der Waals surface area contributed by atoms with Crippen molar-refractivity contribution in [3.63, 3.8) is 0 Å². The Labute approximate surface area is 188 Å². The summed E-state index contributed by atoms with van der Waals surface area (Å²) in [6, 6.07) is 9.32. The van der Waals surface area contributed by atoms with Gasteiger partial charge in [0.05, 0.1) is 5.92 Å². The number of likely N-dealkylation sites (tertiary alicyclic amines) is 2. The number of hydrogen-bond acceptors (Lipinski definition) is 5. The van der Waals surface area contributed by atoms with Crippen LogP contribution in [-0.4, -0.2) is 89.7 Å². The average molecular weight is 442 g/mol. The van der Waals surface area contributed by atoms with Gasteiger partial charge in [-0.05, 0) is 37.4 Å². The van der Waals surface area contributed by atoms with Crippen molar-refractivity contribution in [1.82, 2.24) is 14.7 Å². The molecule has 4 rings (SSSR count). The normalized spacial score (nSPS) is 26.5. The molecule has 32 heavy (non-hydrogen) atoms. The molecule has 172 valence electrons. The maximum Gasteiger partial charge on any atom is 0.410 e. The van der Waals surface area contributed by atoms with Gasteiger partial charge in [-0.1, -0.05) is 36.4 Å². The lowest BCUT2D eigenvalue weighted by Crippen LogP contribution is -2.59. The summed E-state index contributed by atoms with van der Waals surface area (Å²) in [5.41, 5.74) is 2.36. The van der Waals surface area contributed by atoms with E-state index >= 15 is 0 Å². The molecule has 1 N–H and O–H groups in total. The van der Waals surface area contributed by atoms with E-state index in [1.54, 1.807) is 21.7 Å². The topological polar surface area (TPSA) is 90.4 Å². The summed E-state index contributed by atoms with van der Waals surface area (Å²) in [5.74, 6) is -2.13. The zero-order valence-electron chi connectivity index (χ0n) is 18.5. The number of carboxylic acids is 1. The maximum atomic E-state index is 13.3. The summed E-state index contributed by atoms with van der Waals surface area (Å²) in [6.45, 7) is 2.73. The van der Waals surface area contributed by atoms with Gasteiger partial charge in [-0.3, -0.25) is 14.5 Å². The van der Waals surface area contributed by atoms with E-state index in [0.717, 1.165) is 24.8 Å². The average Bonchev–Trinajstić information content (AvgIpc) is 3.34. The molecule has 2 amide bonds. The summed E-state index contributed by atoms with van der Waals surface area (Å²) < 4.78 is 5.61. The number of carbonyl (C=O) groups is 3. The number of aliphatic carboxylic acids is 1. The first-order valence-corrected chi connectivity index (χ1v) is 11.4. The van der Waals surface area contributed by atoms with Gasteiger partial charge in [0.15, 0.2) is 0 Å². The second-order valence-corrected chi connectivity index (χ2v) is 8.89. The van der Waals surface area contributed by atoms with E-state index in [2.05, 4.69) is 18.2 Å². The van der Waals surface area contributed by atoms with Crippen LogP contribution >= 0.6 is 0 Å². The molecule has 3 aliphatic rings. The van der Waals surface area contributed by atoms with E-state index < -0.39 is 24.0 Å². The third-order valence-corrected chi connectivity index (χ3v) is 6.73. The molecule has 0 spiro atoms. The zero-order chi connectivity index (χ0) is 22.7. The van der Waals surface area contributed by atoms with Crippen molar-refractivity contribution in [2.75, 3.05) is 39.8 Å². The molecule has 3 heterocycles. The van der Waals surface area contributed by atoms with Crippen LogP contribution in [0, 0.1) is 5.92 Å². The Bertz CT molecular complexity index is 881. The molecule has 0 aromatic heterocycles. The predicted octanol–water partition coefficient (Wildman–Crippen LogP) is 2.31. The Morgan fingerprint density at radius 1 is 1.03 bits per heavy atom.